The number of benzene rings is 2. The van der Waals surface area contributed by atoms with E-state index in [4.69, 9.17) is 10.3 Å². The number of fused-ring (bicyclic) bond motifs is 1. The van der Waals surface area contributed by atoms with Gasteiger partial charge in [-0.05, 0) is 49.2 Å². The average molecular weight is 539 g/mol. The van der Waals surface area contributed by atoms with E-state index in [1.54, 1.807) is 19.1 Å². The van der Waals surface area contributed by atoms with Gasteiger partial charge in [0.05, 0.1) is 16.8 Å². The van der Waals surface area contributed by atoms with Crippen molar-refractivity contribution in [1.29, 1.82) is 5.26 Å². The molecule has 0 radical (unpaired) electrons. The summed E-state index contributed by atoms with van der Waals surface area (Å²) >= 11 is 0. The molecule has 0 aliphatic heterocycles. The third-order valence-corrected chi connectivity index (χ3v) is 6.57. The quantitative estimate of drug-likeness (QED) is 0.328. The Labute approximate surface area is 227 Å². The first-order chi connectivity index (χ1) is 19.1. The van der Waals surface area contributed by atoms with Crippen LogP contribution in [-0.4, -0.2) is 26.1 Å². The number of aromatic nitrogens is 3. The molecule has 0 spiro atoms. The van der Waals surface area contributed by atoms with Crippen molar-refractivity contribution in [2.24, 2.45) is 12.8 Å². The van der Waals surface area contributed by atoms with Crippen LogP contribution in [0.5, 0.6) is 0 Å². The van der Waals surface area contributed by atoms with Gasteiger partial charge in [0.2, 0.25) is 5.76 Å². The summed E-state index contributed by atoms with van der Waals surface area (Å²) in [4.78, 5) is 41.9. The monoisotopic (exact) mass is 538 g/mol. The molecule has 10 nitrogen and oxygen atoms in total. The second kappa shape index (κ2) is 9.99. The summed E-state index contributed by atoms with van der Waals surface area (Å²) in [6.07, 6.45) is 0. The lowest BCUT2D eigenvalue weighted by atomic mass is 10.0. The number of rotatable bonds is 6. The first-order valence-corrected chi connectivity index (χ1v) is 12.3. The van der Waals surface area contributed by atoms with Crippen LogP contribution in [0.15, 0.2) is 63.9 Å². The maximum absolute atomic E-state index is 14.8. The Hall–Kier alpha value is -5.50. The molecule has 2 aromatic carbocycles. The first-order valence-electron chi connectivity index (χ1n) is 12.3. The zero-order valence-corrected chi connectivity index (χ0v) is 21.8. The van der Waals surface area contributed by atoms with Crippen LogP contribution in [-0.2, 0) is 13.6 Å². The van der Waals surface area contributed by atoms with Gasteiger partial charge >= 0.3 is 0 Å². The standard InChI is InChI=1S/C29H23FN6O4/c1-4-36-21(16-8-10-17(11-9-16)23-22(14-31)40-35(3)29(23)39)13-18-12-15(2)33-25(26(18)36)28(38)34-20-7-5-6-19(24(20)30)27(32)37/h5-13H,4H2,1-3H3,(H2,32,37)(H,34,38). The number of hydrogen-bond acceptors (Lipinski definition) is 6. The van der Waals surface area contributed by atoms with E-state index in [0.717, 1.165) is 21.4 Å². The largest absolute Gasteiger partial charge is 0.366 e. The average Bonchev–Trinajstić information content (AvgIpc) is 3.45. The van der Waals surface area contributed by atoms with Crippen molar-refractivity contribution in [2.75, 3.05) is 5.32 Å². The molecule has 11 heteroatoms. The van der Waals surface area contributed by atoms with Gasteiger partial charge in [-0.1, -0.05) is 30.3 Å². The minimum Gasteiger partial charge on any atom is -0.366 e. The Kier molecular flexibility index (Phi) is 6.53. The molecule has 3 heterocycles. The summed E-state index contributed by atoms with van der Waals surface area (Å²) in [6, 6.07) is 16.8. The van der Waals surface area contributed by atoms with Gasteiger partial charge < -0.3 is 20.1 Å². The molecule has 0 aliphatic carbocycles. The maximum atomic E-state index is 14.8. The number of amides is 2. The van der Waals surface area contributed by atoms with E-state index >= 15 is 0 Å². The lowest BCUT2D eigenvalue weighted by Gasteiger charge is -2.13. The zero-order valence-electron chi connectivity index (χ0n) is 21.8. The topological polar surface area (TPSA) is 149 Å². The van der Waals surface area contributed by atoms with E-state index in [-0.39, 0.29) is 28.3 Å². The molecule has 5 rings (SSSR count). The van der Waals surface area contributed by atoms with Crippen molar-refractivity contribution < 1.29 is 18.5 Å². The van der Waals surface area contributed by atoms with Crippen LogP contribution < -0.4 is 16.6 Å². The number of pyridine rings is 1. The van der Waals surface area contributed by atoms with Crippen LogP contribution in [0.2, 0.25) is 0 Å². The van der Waals surface area contributed by atoms with Crippen molar-refractivity contribution in [2.45, 2.75) is 20.4 Å². The lowest BCUT2D eigenvalue weighted by molar-refractivity contribution is 0.0991. The van der Waals surface area contributed by atoms with Gasteiger partial charge in [-0.3, -0.25) is 14.4 Å². The number of nitrogens with zero attached hydrogens (tertiary/aromatic N) is 4. The zero-order chi connectivity index (χ0) is 28.7. The van der Waals surface area contributed by atoms with E-state index in [1.165, 1.54) is 25.2 Å². The van der Waals surface area contributed by atoms with Crippen molar-refractivity contribution in [3.63, 3.8) is 0 Å². The molecular weight excluding hydrogens is 515 g/mol. The number of anilines is 1. The minimum atomic E-state index is -0.947. The number of primary amides is 1. The molecular formula is C29H23FN6O4. The third kappa shape index (κ3) is 4.31. The van der Waals surface area contributed by atoms with Crippen LogP contribution in [0.4, 0.5) is 10.1 Å². The van der Waals surface area contributed by atoms with Gasteiger partial charge in [0.15, 0.2) is 11.5 Å². The van der Waals surface area contributed by atoms with Crippen LogP contribution in [0.25, 0.3) is 33.3 Å². The number of aryl methyl sites for hydroxylation is 3. The second-order valence-electron chi connectivity index (χ2n) is 9.10. The van der Waals surface area contributed by atoms with E-state index in [0.29, 0.717) is 23.3 Å². The molecule has 3 N–H and O–H groups in total. The van der Waals surface area contributed by atoms with E-state index in [2.05, 4.69) is 10.3 Å². The highest BCUT2D eigenvalue weighted by atomic mass is 19.1. The fraction of sp³-hybridized carbons (Fsp3) is 0.138. The molecule has 0 bridgehead atoms. The molecule has 0 aliphatic rings. The smallest absolute Gasteiger partial charge is 0.291 e. The Morgan fingerprint density at radius 3 is 2.50 bits per heavy atom. The molecule has 0 saturated carbocycles. The van der Waals surface area contributed by atoms with Gasteiger partial charge in [0, 0.05) is 30.4 Å². The Balaban J connectivity index is 1.59. The van der Waals surface area contributed by atoms with Gasteiger partial charge in [0.1, 0.15) is 11.6 Å². The van der Waals surface area contributed by atoms with E-state index in [9.17, 15) is 24.0 Å². The Bertz CT molecular complexity index is 1930. The highest BCUT2D eigenvalue weighted by Crippen LogP contribution is 2.32. The Morgan fingerprint density at radius 2 is 1.85 bits per heavy atom. The summed E-state index contributed by atoms with van der Waals surface area (Å²) in [5.74, 6) is -2.59. The summed E-state index contributed by atoms with van der Waals surface area (Å²) in [5.41, 5.74) is 7.81. The normalized spacial score (nSPS) is 11.0. The molecule has 200 valence electrons. The van der Waals surface area contributed by atoms with E-state index < -0.39 is 23.2 Å². The Morgan fingerprint density at radius 1 is 1.15 bits per heavy atom. The van der Waals surface area contributed by atoms with Crippen molar-refractivity contribution in [3.8, 4) is 28.5 Å². The highest BCUT2D eigenvalue weighted by molar-refractivity contribution is 6.12. The highest BCUT2D eigenvalue weighted by Gasteiger charge is 2.22. The fourth-order valence-corrected chi connectivity index (χ4v) is 4.77. The third-order valence-electron chi connectivity index (χ3n) is 6.57. The minimum absolute atomic E-state index is 0.0714. The summed E-state index contributed by atoms with van der Waals surface area (Å²) in [6.45, 7) is 4.15. The van der Waals surface area contributed by atoms with Crippen molar-refractivity contribution >= 4 is 28.4 Å². The van der Waals surface area contributed by atoms with E-state index in [1.807, 2.05) is 41.8 Å². The van der Waals surface area contributed by atoms with Crippen LogP contribution in [0.1, 0.15) is 39.2 Å². The predicted molar refractivity (Wildman–Crippen MR) is 146 cm³/mol. The summed E-state index contributed by atoms with van der Waals surface area (Å²) < 4.78 is 22.9. The molecule has 5 aromatic rings. The second-order valence-corrected chi connectivity index (χ2v) is 9.10. The molecule has 3 aromatic heterocycles. The number of nitrogens with one attached hydrogen (secondary N) is 1. The maximum Gasteiger partial charge on any atom is 0.291 e. The molecule has 40 heavy (non-hydrogen) atoms. The first kappa shape index (κ1) is 26.1. The van der Waals surface area contributed by atoms with Crippen molar-refractivity contribution in [1.82, 2.24) is 14.3 Å². The number of halogens is 1. The lowest BCUT2D eigenvalue weighted by Crippen LogP contribution is -2.19. The van der Waals surface area contributed by atoms with Crippen LogP contribution in [0, 0.1) is 24.1 Å². The number of nitriles is 1. The summed E-state index contributed by atoms with van der Waals surface area (Å²) in [7, 11) is 1.44. The number of hydrogen-bond donors (Lipinski definition) is 2. The number of carbonyl (C=O) groups excluding carboxylic acids is 2. The summed E-state index contributed by atoms with van der Waals surface area (Å²) in [5, 5.41) is 12.6. The number of carbonyl (C=O) groups is 2. The van der Waals surface area contributed by atoms with Crippen molar-refractivity contribution in [3.05, 3.63) is 93.5 Å². The molecule has 0 fully saturated rings. The van der Waals surface area contributed by atoms with Gasteiger partial charge in [-0.25, -0.2) is 9.37 Å². The molecule has 0 atom stereocenters. The SMILES string of the molecule is CCn1c(-c2ccc(-c3c(C#N)on(C)c3=O)cc2)cc2cc(C)nc(C(=O)Nc3cccc(C(N)=O)c3F)c21. The van der Waals surface area contributed by atoms with Crippen LogP contribution >= 0.6 is 0 Å². The van der Waals surface area contributed by atoms with Gasteiger partial charge in [-0.15, -0.1) is 0 Å². The van der Waals surface area contributed by atoms with Gasteiger partial charge in [-0.2, -0.15) is 10.0 Å². The van der Waals surface area contributed by atoms with Gasteiger partial charge in [0.25, 0.3) is 17.4 Å². The molecule has 2 amide bonds. The molecule has 0 saturated heterocycles. The predicted octanol–water partition coefficient (Wildman–Crippen LogP) is 4.35. The van der Waals surface area contributed by atoms with Crippen LogP contribution in [0.3, 0.4) is 0 Å². The fourth-order valence-electron chi connectivity index (χ4n) is 4.77. The molecule has 0 unspecified atom stereocenters. The number of nitrogens with two attached hydrogens (primary N) is 1.